The van der Waals surface area contributed by atoms with E-state index in [0.29, 0.717) is 5.95 Å². The van der Waals surface area contributed by atoms with E-state index in [1.807, 2.05) is 6.92 Å². The number of halogens is 5. The second-order valence-electron chi connectivity index (χ2n) is 8.62. The first kappa shape index (κ1) is 28.7. The number of amides is 1. The molecule has 1 aliphatic carbocycles. The second-order valence-corrected chi connectivity index (χ2v) is 8.62. The molecule has 1 saturated carbocycles. The van der Waals surface area contributed by atoms with E-state index in [1.165, 1.54) is 6.07 Å². The van der Waals surface area contributed by atoms with Gasteiger partial charge in [0.1, 0.15) is 5.82 Å². The fraction of sp³-hybridized carbons (Fsp3) is 0.478. The molecular weight excluding hydrogens is 489 g/mol. The van der Waals surface area contributed by atoms with Crippen molar-refractivity contribution in [2.45, 2.75) is 70.8 Å². The van der Waals surface area contributed by atoms with Gasteiger partial charge in [-0.2, -0.15) is 18.2 Å². The largest absolute Gasteiger partial charge is 0.490 e. The molecule has 198 valence electrons. The number of anilines is 2. The Hall–Kier alpha value is -3.51. The molecule has 2 aromatic rings. The van der Waals surface area contributed by atoms with Crippen LogP contribution in [-0.4, -0.2) is 51.3 Å². The topological polar surface area (TPSA) is 116 Å². The summed E-state index contributed by atoms with van der Waals surface area (Å²) in [6.45, 7) is 6.09. The van der Waals surface area contributed by atoms with Crippen molar-refractivity contribution in [1.29, 1.82) is 0 Å². The van der Waals surface area contributed by atoms with Crippen molar-refractivity contribution in [3.05, 3.63) is 47.2 Å². The molecule has 0 aliphatic heterocycles. The molecular formula is C23H28F5N5O3. The summed E-state index contributed by atoms with van der Waals surface area (Å²) in [6, 6.07) is 3.69. The molecule has 1 heterocycles. The van der Waals surface area contributed by atoms with Crippen LogP contribution in [0.15, 0.2) is 24.4 Å². The number of carboxylic acids is 1. The fourth-order valence-electron chi connectivity index (χ4n) is 3.40. The summed E-state index contributed by atoms with van der Waals surface area (Å²) in [5, 5.41) is 16.7. The number of aromatic nitrogens is 2. The molecule has 0 unspecified atom stereocenters. The van der Waals surface area contributed by atoms with Crippen molar-refractivity contribution in [1.82, 2.24) is 15.3 Å². The highest BCUT2D eigenvalue weighted by Crippen LogP contribution is 2.23. The van der Waals surface area contributed by atoms with Crippen molar-refractivity contribution in [3.8, 4) is 0 Å². The van der Waals surface area contributed by atoms with E-state index in [4.69, 9.17) is 9.90 Å². The molecule has 0 spiro atoms. The van der Waals surface area contributed by atoms with Crippen molar-refractivity contribution >= 4 is 23.6 Å². The molecule has 1 amide bonds. The molecule has 3 rings (SSSR count). The first-order chi connectivity index (χ1) is 16.8. The Bertz CT molecular complexity index is 1060. The van der Waals surface area contributed by atoms with Gasteiger partial charge in [-0.05, 0) is 64.7 Å². The van der Waals surface area contributed by atoms with Gasteiger partial charge < -0.3 is 21.1 Å². The number of alkyl halides is 3. The lowest BCUT2D eigenvalue weighted by molar-refractivity contribution is -0.192. The maximum absolute atomic E-state index is 13.3. The monoisotopic (exact) mass is 517 g/mol. The van der Waals surface area contributed by atoms with E-state index in [9.17, 15) is 26.7 Å². The summed E-state index contributed by atoms with van der Waals surface area (Å²) in [4.78, 5) is 30.1. The predicted octanol–water partition coefficient (Wildman–Crippen LogP) is 4.67. The van der Waals surface area contributed by atoms with Crippen molar-refractivity contribution in [3.63, 3.8) is 0 Å². The maximum Gasteiger partial charge on any atom is 0.490 e. The molecule has 0 radical (unpaired) electrons. The smallest absolute Gasteiger partial charge is 0.475 e. The summed E-state index contributed by atoms with van der Waals surface area (Å²) >= 11 is 0. The van der Waals surface area contributed by atoms with E-state index in [-0.39, 0.29) is 29.6 Å². The third-order valence-electron chi connectivity index (χ3n) is 5.22. The minimum Gasteiger partial charge on any atom is -0.475 e. The Morgan fingerprint density at radius 1 is 1.06 bits per heavy atom. The van der Waals surface area contributed by atoms with E-state index in [1.54, 1.807) is 6.20 Å². The number of aliphatic carboxylic acids is 1. The van der Waals surface area contributed by atoms with Gasteiger partial charge in [-0.25, -0.2) is 18.6 Å². The lowest BCUT2D eigenvalue weighted by atomic mass is 9.91. The summed E-state index contributed by atoms with van der Waals surface area (Å²) < 4.78 is 58.1. The first-order valence-electron chi connectivity index (χ1n) is 11.2. The third kappa shape index (κ3) is 8.93. The minimum absolute atomic E-state index is 0.00534. The van der Waals surface area contributed by atoms with Crippen LogP contribution in [0.1, 0.15) is 55.5 Å². The van der Waals surface area contributed by atoms with E-state index in [2.05, 4.69) is 39.8 Å². The predicted molar refractivity (Wildman–Crippen MR) is 123 cm³/mol. The average Bonchev–Trinajstić information content (AvgIpc) is 2.78. The number of carbonyl (C=O) groups is 2. The van der Waals surface area contributed by atoms with Crippen LogP contribution in [0.25, 0.3) is 0 Å². The van der Waals surface area contributed by atoms with Gasteiger partial charge in [-0.3, -0.25) is 4.79 Å². The zero-order valence-electron chi connectivity index (χ0n) is 19.9. The van der Waals surface area contributed by atoms with E-state index < -0.39 is 23.8 Å². The molecule has 1 aromatic heterocycles. The number of hydrogen-bond donors (Lipinski definition) is 4. The highest BCUT2D eigenvalue weighted by Gasteiger charge is 2.38. The molecule has 0 saturated heterocycles. The molecule has 0 atom stereocenters. The Morgan fingerprint density at radius 2 is 1.64 bits per heavy atom. The fourth-order valence-corrected chi connectivity index (χ4v) is 3.40. The van der Waals surface area contributed by atoms with Crippen LogP contribution < -0.4 is 16.0 Å². The van der Waals surface area contributed by atoms with Gasteiger partial charge in [-0.15, -0.1) is 0 Å². The molecule has 4 N–H and O–H groups in total. The molecule has 1 aromatic carbocycles. The lowest BCUT2D eigenvalue weighted by Gasteiger charge is -2.29. The lowest BCUT2D eigenvalue weighted by Crippen LogP contribution is -2.40. The third-order valence-corrected chi connectivity index (χ3v) is 5.22. The van der Waals surface area contributed by atoms with Crippen LogP contribution in [0.2, 0.25) is 0 Å². The average molecular weight is 517 g/mol. The van der Waals surface area contributed by atoms with Gasteiger partial charge in [0.05, 0.1) is 0 Å². The SMILES string of the molecule is Cc1cnc(N[C@H]2CC[C@@H](NC(=O)c3ccc(F)c(F)c3)CC2)nc1NC(C)C.O=C(O)C(F)(F)F. The summed E-state index contributed by atoms with van der Waals surface area (Å²) in [7, 11) is 0. The second kappa shape index (κ2) is 12.5. The summed E-state index contributed by atoms with van der Waals surface area (Å²) in [5.74, 6) is -3.70. The highest BCUT2D eigenvalue weighted by molar-refractivity contribution is 5.94. The molecule has 1 aliphatic rings. The van der Waals surface area contributed by atoms with Gasteiger partial charge in [0.15, 0.2) is 11.6 Å². The van der Waals surface area contributed by atoms with Crippen LogP contribution >= 0.6 is 0 Å². The summed E-state index contributed by atoms with van der Waals surface area (Å²) in [6.07, 6.45) is -0.000371. The number of hydrogen-bond acceptors (Lipinski definition) is 6. The van der Waals surface area contributed by atoms with Crippen LogP contribution in [0.5, 0.6) is 0 Å². The summed E-state index contributed by atoms with van der Waals surface area (Å²) in [5.41, 5.74) is 1.12. The van der Waals surface area contributed by atoms with Gasteiger partial charge in [0.2, 0.25) is 5.95 Å². The van der Waals surface area contributed by atoms with Gasteiger partial charge in [-0.1, -0.05) is 0 Å². The molecule has 8 nitrogen and oxygen atoms in total. The zero-order chi connectivity index (χ0) is 27.0. The van der Waals surface area contributed by atoms with Gasteiger partial charge in [0, 0.05) is 35.4 Å². The Labute approximate surface area is 204 Å². The van der Waals surface area contributed by atoms with Crippen molar-refractivity contribution in [2.24, 2.45) is 0 Å². The van der Waals surface area contributed by atoms with E-state index in [0.717, 1.165) is 49.2 Å². The van der Waals surface area contributed by atoms with Crippen LogP contribution in [-0.2, 0) is 4.79 Å². The number of carbonyl (C=O) groups excluding carboxylic acids is 1. The number of benzene rings is 1. The maximum atomic E-state index is 13.3. The van der Waals surface area contributed by atoms with Gasteiger partial charge >= 0.3 is 12.1 Å². The number of nitrogens with zero attached hydrogens (tertiary/aromatic N) is 2. The first-order valence-corrected chi connectivity index (χ1v) is 11.2. The molecule has 13 heteroatoms. The Kier molecular flexibility index (Phi) is 9.93. The van der Waals surface area contributed by atoms with Crippen molar-refractivity contribution < 1.29 is 36.6 Å². The van der Waals surface area contributed by atoms with E-state index >= 15 is 0 Å². The van der Waals surface area contributed by atoms with Crippen LogP contribution in [0, 0.1) is 18.6 Å². The number of nitrogens with one attached hydrogen (secondary N) is 3. The van der Waals surface area contributed by atoms with Crippen molar-refractivity contribution in [2.75, 3.05) is 10.6 Å². The Balaban J connectivity index is 0.000000572. The minimum atomic E-state index is -5.08. The molecule has 1 fully saturated rings. The molecule has 36 heavy (non-hydrogen) atoms. The number of carboxylic acid groups (broad SMARTS) is 1. The highest BCUT2D eigenvalue weighted by atomic mass is 19.4. The normalized spacial score (nSPS) is 17.6. The van der Waals surface area contributed by atoms with Crippen LogP contribution in [0.4, 0.5) is 33.7 Å². The zero-order valence-corrected chi connectivity index (χ0v) is 19.9. The van der Waals surface area contributed by atoms with Crippen LogP contribution in [0.3, 0.4) is 0 Å². The standard InChI is InChI=1S/C21H27F2N5O.C2HF3O2/c1-12(2)25-19-13(3)11-24-21(28-19)27-16-7-5-15(6-8-16)26-20(29)14-4-9-17(22)18(23)10-14;3-2(4,5)1(6)7/h4,9-12,15-16H,5-8H2,1-3H3,(H,26,29)(H2,24,25,27,28);(H,6,7)/t15-,16+;. The Morgan fingerprint density at radius 3 is 2.17 bits per heavy atom. The molecule has 0 bridgehead atoms. The number of rotatable bonds is 6. The quantitative estimate of drug-likeness (QED) is 0.412. The number of aryl methyl sites for hydroxylation is 1. The van der Waals surface area contributed by atoms with Gasteiger partial charge in [0.25, 0.3) is 5.91 Å².